The van der Waals surface area contributed by atoms with E-state index in [1.807, 2.05) is 20.8 Å². The first-order valence-electron chi connectivity index (χ1n) is 16.7. The molecular formula is C35H59NO6. The summed E-state index contributed by atoms with van der Waals surface area (Å²) in [5.41, 5.74) is 5.56. The number of hydrogen-bond donors (Lipinski definition) is 1. The van der Waals surface area contributed by atoms with Gasteiger partial charge < -0.3 is 19.9 Å². The van der Waals surface area contributed by atoms with Crippen LogP contribution in [0, 0.1) is 46.3 Å². The number of rotatable bonds is 7. The van der Waals surface area contributed by atoms with Crippen LogP contribution in [-0.4, -0.2) is 41.3 Å². The maximum atomic E-state index is 12.8. The minimum Gasteiger partial charge on any atom is -0.461 e. The average molecular weight is 590 g/mol. The molecule has 2 N–H and O–H groups in total. The molecule has 240 valence electrons. The van der Waals surface area contributed by atoms with E-state index in [1.54, 1.807) is 20.8 Å². The fraction of sp³-hybridized carbons (Fsp3) is 0.914. The van der Waals surface area contributed by atoms with Crippen molar-refractivity contribution in [3.63, 3.8) is 0 Å². The van der Waals surface area contributed by atoms with Crippen molar-refractivity contribution in [2.45, 2.75) is 156 Å². The largest absolute Gasteiger partial charge is 0.461 e. The zero-order chi connectivity index (χ0) is 31.3. The Hall–Kier alpha value is -1.63. The number of carbonyl (C=O) groups excluding carboxylic acids is 3. The molecule has 7 heteroatoms. The second-order valence-corrected chi connectivity index (χ2v) is 16.9. The van der Waals surface area contributed by atoms with Crippen molar-refractivity contribution in [3.8, 4) is 0 Å². The summed E-state index contributed by atoms with van der Waals surface area (Å²) in [5.74, 6) is 2.60. The number of hydrogen-bond acceptors (Lipinski definition) is 7. The maximum Gasteiger partial charge on any atom is 0.323 e. The Morgan fingerprint density at radius 3 is 1.98 bits per heavy atom. The van der Waals surface area contributed by atoms with Crippen LogP contribution < -0.4 is 5.73 Å². The van der Waals surface area contributed by atoms with E-state index in [9.17, 15) is 14.4 Å². The predicted octanol–water partition coefficient (Wildman–Crippen LogP) is 6.98. The number of ether oxygens (including phenoxy) is 3. The Morgan fingerprint density at radius 1 is 0.786 bits per heavy atom. The van der Waals surface area contributed by atoms with Crippen molar-refractivity contribution in [2.24, 2.45) is 52.1 Å². The summed E-state index contributed by atoms with van der Waals surface area (Å²) in [6.07, 6.45) is 10.5. The second-order valence-electron chi connectivity index (χ2n) is 16.9. The van der Waals surface area contributed by atoms with Gasteiger partial charge in [0.05, 0.1) is 6.42 Å². The molecule has 5 unspecified atom stereocenters. The van der Waals surface area contributed by atoms with Gasteiger partial charge in [-0.2, -0.15) is 0 Å². The molecule has 0 heterocycles. The van der Waals surface area contributed by atoms with Crippen molar-refractivity contribution in [1.29, 1.82) is 0 Å². The van der Waals surface area contributed by atoms with Gasteiger partial charge in [-0.05, 0) is 146 Å². The van der Waals surface area contributed by atoms with Crippen LogP contribution in [0.3, 0.4) is 0 Å². The normalized spacial score (nSPS) is 37.9. The third-order valence-electron chi connectivity index (χ3n) is 11.7. The lowest BCUT2D eigenvalue weighted by molar-refractivity contribution is -0.168. The number of esters is 3. The molecule has 42 heavy (non-hydrogen) atoms. The first-order valence-corrected chi connectivity index (χ1v) is 16.7. The Morgan fingerprint density at radius 2 is 1.36 bits per heavy atom. The van der Waals surface area contributed by atoms with E-state index in [0.717, 1.165) is 31.1 Å². The van der Waals surface area contributed by atoms with Crippen LogP contribution in [0.15, 0.2) is 0 Å². The monoisotopic (exact) mass is 589 g/mol. The molecule has 0 aromatic rings. The third kappa shape index (κ3) is 7.18. The topological polar surface area (TPSA) is 105 Å². The van der Waals surface area contributed by atoms with Crippen LogP contribution in [0.4, 0.5) is 0 Å². The molecule has 4 saturated carbocycles. The molecule has 0 spiro atoms. The van der Waals surface area contributed by atoms with Gasteiger partial charge in [-0.25, -0.2) is 0 Å². The van der Waals surface area contributed by atoms with Crippen LogP contribution in [-0.2, 0) is 28.6 Å². The zero-order valence-corrected chi connectivity index (χ0v) is 27.9. The molecule has 0 radical (unpaired) electrons. The standard InChI is InChI=1S/C35H59NO6/c1-21(18-29(37)41-32(2,3)4)25-12-13-26-24-11-10-22-19-23(14-16-34(22,8)27(24)15-17-35(25,26)9)40-31(39)28(36)20-30(38)42-33(5,6)7/h21-28H,10-20,36H2,1-9H3/t21-,22?,23-,24?,25?,26?,27?,28+,34+,35-/m1/s1. The Bertz CT molecular complexity index is 1010. The minimum atomic E-state index is -0.993. The molecule has 7 nitrogen and oxygen atoms in total. The highest BCUT2D eigenvalue weighted by Crippen LogP contribution is 2.68. The summed E-state index contributed by atoms with van der Waals surface area (Å²) >= 11 is 0. The Kier molecular flexibility index (Phi) is 9.54. The molecule has 4 aliphatic rings. The summed E-state index contributed by atoms with van der Waals surface area (Å²) in [7, 11) is 0. The molecule has 0 amide bonds. The van der Waals surface area contributed by atoms with E-state index in [2.05, 4.69) is 20.8 Å². The molecule has 0 aliphatic heterocycles. The van der Waals surface area contributed by atoms with E-state index in [0.29, 0.717) is 35.5 Å². The van der Waals surface area contributed by atoms with E-state index in [1.165, 1.54) is 38.5 Å². The SMILES string of the molecule is C[C@H](CC(=O)OC(C)(C)C)C1CCC2C3CCC4C[C@H](OC(=O)[C@@H](N)CC(=O)OC(C)(C)C)CC[C@]4(C)C3CC[C@@]21C. The van der Waals surface area contributed by atoms with Crippen LogP contribution in [0.1, 0.15) is 133 Å². The highest BCUT2D eigenvalue weighted by molar-refractivity contribution is 5.82. The van der Waals surface area contributed by atoms with E-state index in [-0.39, 0.29) is 23.9 Å². The molecule has 4 aliphatic carbocycles. The molecule has 0 aromatic carbocycles. The molecular weight excluding hydrogens is 530 g/mol. The van der Waals surface area contributed by atoms with E-state index >= 15 is 0 Å². The second kappa shape index (κ2) is 12.0. The quantitative estimate of drug-likeness (QED) is 0.252. The first-order chi connectivity index (χ1) is 19.3. The smallest absolute Gasteiger partial charge is 0.323 e. The third-order valence-corrected chi connectivity index (χ3v) is 11.7. The number of nitrogens with two attached hydrogens (primary N) is 1. The molecule has 0 bridgehead atoms. The van der Waals surface area contributed by atoms with E-state index in [4.69, 9.17) is 19.9 Å². The van der Waals surface area contributed by atoms with E-state index < -0.39 is 29.2 Å². The highest BCUT2D eigenvalue weighted by Gasteiger charge is 2.61. The summed E-state index contributed by atoms with van der Waals surface area (Å²) in [5, 5.41) is 0. The van der Waals surface area contributed by atoms with Gasteiger partial charge in [0, 0.05) is 6.42 Å². The fourth-order valence-electron chi connectivity index (χ4n) is 9.99. The van der Waals surface area contributed by atoms with Crippen LogP contribution in [0.25, 0.3) is 0 Å². The molecule has 0 saturated heterocycles. The highest BCUT2D eigenvalue weighted by atomic mass is 16.6. The fourth-order valence-corrected chi connectivity index (χ4v) is 9.99. The van der Waals surface area contributed by atoms with Gasteiger partial charge in [0.2, 0.25) is 0 Å². The molecule has 10 atom stereocenters. The summed E-state index contributed by atoms with van der Waals surface area (Å²) in [6.45, 7) is 18.5. The van der Waals surface area contributed by atoms with Crippen LogP contribution >= 0.6 is 0 Å². The summed E-state index contributed by atoms with van der Waals surface area (Å²) in [4.78, 5) is 37.6. The molecule has 0 aromatic heterocycles. The van der Waals surface area contributed by atoms with Crippen LogP contribution in [0.5, 0.6) is 0 Å². The van der Waals surface area contributed by atoms with Gasteiger partial charge >= 0.3 is 17.9 Å². The van der Waals surface area contributed by atoms with Crippen molar-refractivity contribution in [2.75, 3.05) is 0 Å². The summed E-state index contributed by atoms with van der Waals surface area (Å²) < 4.78 is 16.9. The Labute approximate surface area is 254 Å². The van der Waals surface area contributed by atoms with Gasteiger partial charge in [-0.3, -0.25) is 14.4 Å². The molecule has 4 rings (SSSR count). The number of carbonyl (C=O) groups is 3. The average Bonchev–Trinajstić information content (AvgIpc) is 3.19. The molecule has 4 fully saturated rings. The maximum absolute atomic E-state index is 12.8. The van der Waals surface area contributed by atoms with Crippen molar-refractivity contribution >= 4 is 17.9 Å². The van der Waals surface area contributed by atoms with Crippen molar-refractivity contribution in [3.05, 3.63) is 0 Å². The first kappa shape index (κ1) is 33.3. The van der Waals surface area contributed by atoms with Gasteiger partial charge in [0.1, 0.15) is 23.3 Å². The lowest BCUT2D eigenvalue weighted by Gasteiger charge is -2.61. The van der Waals surface area contributed by atoms with Gasteiger partial charge in [0.15, 0.2) is 0 Å². The number of fused-ring (bicyclic) bond motifs is 5. The Balaban J connectivity index is 1.34. The van der Waals surface area contributed by atoms with Crippen molar-refractivity contribution < 1.29 is 28.6 Å². The lowest BCUT2D eigenvalue weighted by Crippen LogP contribution is -2.54. The predicted molar refractivity (Wildman–Crippen MR) is 163 cm³/mol. The van der Waals surface area contributed by atoms with Gasteiger partial charge in [-0.1, -0.05) is 20.8 Å². The van der Waals surface area contributed by atoms with Crippen molar-refractivity contribution in [1.82, 2.24) is 0 Å². The zero-order valence-electron chi connectivity index (χ0n) is 27.9. The van der Waals surface area contributed by atoms with Gasteiger partial charge in [-0.15, -0.1) is 0 Å². The van der Waals surface area contributed by atoms with Crippen LogP contribution in [0.2, 0.25) is 0 Å². The van der Waals surface area contributed by atoms with Gasteiger partial charge in [0.25, 0.3) is 0 Å². The summed E-state index contributed by atoms with van der Waals surface area (Å²) in [6, 6.07) is -0.993. The minimum absolute atomic E-state index is 0.0630. The lowest BCUT2D eigenvalue weighted by atomic mass is 9.44.